The summed E-state index contributed by atoms with van der Waals surface area (Å²) in [7, 11) is 0. The van der Waals surface area contributed by atoms with Crippen LogP contribution in [0.1, 0.15) is 42.5 Å². The summed E-state index contributed by atoms with van der Waals surface area (Å²) >= 11 is 9.35. The monoisotopic (exact) mass is 359 g/mol. The zero-order chi connectivity index (χ0) is 14.5. The van der Waals surface area contributed by atoms with Gasteiger partial charge in [0, 0.05) is 22.9 Å². The minimum atomic E-state index is -0.128. The molecule has 0 aliphatic heterocycles. The number of benzene rings is 1. The largest absolute Gasteiger partial charge is 0.507 e. The number of halogens is 2. The predicted octanol–water partition coefficient (Wildman–Crippen LogP) is 4.22. The van der Waals surface area contributed by atoms with Crippen LogP contribution in [0.25, 0.3) is 0 Å². The molecule has 1 aromatic rings. The van der Waals surface area contributed by atoms with Crippen molar-refractivity contribution < 1.29 is 9.90 Å². The Morgan fingerprint density at radius 2 is 2.05 bits per heavy atom. The quantitative estimate of drug-likeness (QED) is 0.817. The van der Waals surface area contributed by atoms with Gasteiger partial charge < -0.3 is 10.0 Å². The Kier molecular flexibility index (Phi) is 5.73. The number of hydrogen-bond donors (Lipinski definition) is 1. The Morgan fingerprint density at radius 3 is 2.70 bits per heavy atom. The highest BCUT2D eigenvalue weighted by molar-refractivity contribution is 9.09. The number of alkyl halides is 1. The van der Waals surface area contributed by atoms with E-state index >= 15 is 0 Å². The first-order chi connectivity index (χ1) is 9.63. The standard InChI is InChI=1S/C15H19BrClNO2/c16-8-9-18(12-4-2-1-3-5-12)15(20)13-10-11(17)6-7-14(13)19/h6-7,10,12,19H,1-5,8-9H2. The number of nitrogens with zero attached hydrogens (tertiary/aromatic N) is 1. The van der Waals surface area contributed by atoms with Crippen molar-refractivity contribution in [2.45, 2.75) is 38.1 Å². The van der Waals surface area contributed by atoms with E-state index < -0.39 is 0 Å². The Labute approximate surface area is 133 Å². The van der Waals surface area contributed by atoms with Crippen molar-refractivity contribution in [3.63, 3.8) is 0 Å². The molecule has 1 aliphatic rings. The maximum atomic E-state index is 12.7. The number of carbonyl (C=O) groups is 1. The SMILES string of the molecule is O=C(c1cc(Cl)ccc1O)N(CCBr)C1CCCCC1. The molecule has 0 saturated heterocycles. The van der Waals surface area contributed by atoms with Gasteiger partial charge >= 0.3 is 0 Å². The average Bonchev–Trinajstić information content (AvgIpc) is 2.47. The third-order valence-electron chi connectivity index (χ3n) is 3.79. The van der Waals surface area contributed by atoms with Gasteiger partial charge in [-0.25, -0.2) is 0 Å². The second-order valence-electron chi connectivity index (χ2n) is 5.14. The predicted molar refractivity (Wildman–Crippen MR) is 84.8 cm³/mol. The fraction of sp³-hybridized carbons (Fsp3) is 0.533. The van der Waals surface area contributed by atoms with Gasteiger partial charge in [-0.15, -0.1) is 0 Å². The molecular formula is C15H19BrClNO2. The summed E-state index contributed by atoms with van der Waals surface area (Å²) < 4.78 is 0. The molecular weight excluding hydrogens is 342 g/mol. The third-order valence-corrected chi connectivity index (χ3v) is 4.38. The zero-order valence-electron chi connectivity index (χ0n) is 11.3. The van der Waals surface area contributed by atoms with E-state index in [1.165, 1.54) is 12.5 Å². The third kappa shape index (κ3) is 3.67. The van der Waals surface area contributed by atoms with Crippen molar-refractivity contribution in [2.75, 3.05) is 11.9 Å². The highest BCUT2D eigenvalue weighted by atomic mass is 79.9. The number of aromatic hydroxyl groups is 1. The van der Waals surface area contributed by atoms with E-state index in [2.05, 4.69) is 15.9 Å². The molecule has 2 rings (SSSR count). The Hall–Kier alpha value is -0.740. The lowest BCUT2D eigenvalue weighted by atomic mass is 9.93. The van der Waals surface area contributed by atoms with E-state index in [9.17, 15) is 9.90 Å². The molecule has 1 aliphatic carbocycles. The van der Waals surface area contributed by atoms with Crippen LogP contribution >= 0.6 is 27.5 Å². The zero-order valence-corrected chi connectivity index (χ0v) is 13.7. The van der Waals surface area contributed by atoms with Gasteiger partial charge in [0.2, 0.25) is 0 Å². The smallest absolute Gasteiger partial charge is 0.257 e. The van der Waals surface area contributed by atoms with E-state index in [0.717, 1.165) is 31.0 Å². The molecule has 0 radical (unpaired) electrons. The summed E-state index contributed by atoms with van der Waals surface area (Å²) in [4.78, 5) is 14.6. The van der Waals surface area contributed by atoms with Crippen LogP contribution in [0.15, 0.2) is 18.2 Å². The van der Waals surface area contributed by atoms with Gasteiger partial charge in [0.05, 0.1) is 5.56 Å². The van der Waals surface area contributed by atoms with E-state index in [0.29, 0.717) is 17.1 Å². The summed E-state index contributed by atoms with van der Waals surface area (Å²) in [6.45, 7) is 0.648. The molecule has 0 atom stereocenters. The van der Waals surface area contributed by atoms with Gasteiger partial charge in [-0.1, -0.05) is 46.8 Å². The fourth-order valence-electron chi connectivity index (χ4n) is 2.77. The van der Waals surface area contributed by atoms with Crippen molar-refractivity contribution in [3.05, 3.63) is 28.8 Å². The highest BCUT2D eigenvalue weighted by Crippen LogP contribution is 2.28. The number of carbonyl (C=O) groups excluding carboxylic acids is 1. The van der Waals surface area contributed by atoms with Crippen molar-refractivity contribution in [1.82, 2.24) is 4.90 Å². The molecule has 0 bridgehead atoms. The molecule has 110 valence electrons. The highest BCUT2D eigenvalue weighted by Gasteiger charge is 2.27. The second kappa shape index (κ2) is 7.32. The molecule has 0 heterocycles. The molecule has 0 spiro atoms. The lowest BCUT2D eigenvalue weighted by Gasteiger charge is -2.34. The van der Waals surface area contributed by atoms with Crippen molar-refractivity contribution in [3.8, 4) is 5.75 Å². The molecule has 1 fully saturated rings. The number of rotatable bonds is 4. The van der Waals surface area contributed by atoms with E-state index in [4.69, 9.17) is 11.6 Å². The Balaban J connectivity index is 2.23. The normalized spacial score (nSPS) is 16.1. The molecule has 1 saturated carbocycles. The molecule has 3 nitrogen and oxygen atoms in total. The topological polar surface area (TPSA) is 40.5 Å². The molecule has 1 N–H and O–H groups in total. The van der Waals surface area contributed by atoms with Crippen LogP contribution in [0, 0.1) is 0 Å². The summed E-state index contributed by atoms with van der Waals surface area (Å²) in [6.07, 6.45) is 5.66. The second-order valence-corrected chi connectivity index (χ2v) is 6.37. The minimum Gasteiger partial charge on any atom is -0.507 e. The van der Waals surface area contributed by atoms with Crippen molar-refractivity contribution in [1.29, 1.82) is 0 Å². The van der Waals surface area contributed by atoms with Crippen LogP contribution in [0.2, 0.25) is 5.02 Å². The lowest BCUT2D eigenvalue weighted by Crippen LogP contribution is -2.42. The van der Waals surface area contributed by atoms with Crippen molar-refractivity contribution in [2.24, 2.45) is 0 Å². The summed E-state index contributed by atoms with van der Waals surface area (Å²) in [5.41, 5.74) is 0.295. The Bertz CT molecular complexity index is 475. The first-order valence-corrected chi connectivity index (χ1v) is 8.49. The molecule has 5 heteroatoms. The van der Waals surface area contributed by atoms with Gasteiger partial charge in [0.1, 0.15) is 5.75 Å². The van der Waals surface area contributed by atoms with Gasteiger partial charge in [-0.2, -0.15) is 0 Å². The fourth-order valence-corrected chi connectivity index (χ4v) is 3.32. The first kappa shape index (κ1) is 15.6. The summed E-state index contributed by atoms with van der Waals surface area (Å²) in [5, 5.41) is 11.1. The number of phenols is 1. The summed E-state index contributed by atoms with van der Waals surface area (Å²) in [5.74, 6) is -0.133. The number of amides is 1. The molecule has 1 amide bonds. The lowest BCUT2D eigenvalue weighted by molar-refractivity contribution is 0.0648. The minimum absolute atomic E-state index is 0.00483. The molecule has 0 unspecified atom stereocenters. The van der Waals surface area contributed by atoms with Crippen LogP contribution in [-0.4, -0.2) is 33.8 Å². The van der Waals surface area contributed by atoms with Crippen LogP contribution in [0.3, 0.4) is 0 Å². The van der Waals surface area contributed by atoms with E-state index in [1.807, 2.05) is 4.90 Å². The maximum absolute atomic E-state index is 12.7. The maximum Gasteiger partial charge on any atom is 0.257 e. The van der Waals surface area contributed by atoms with Gasteiger partial charge in [0.15, 0.2) is 0 Å². The van der Waals surface area contributed by atoms with E-state index in [-0.39, 0.29) is 17.7 Å². The number of hydrogen-bond acceptors (Lipinski definition) is 2. The average molecular weight is 361 g/mol. The number of phenolic OH excluding ortho intramolecular Hbond substituents is 1. The van der Waals surface area contributed by atoms with Gasteiger partial charge in [0.25, 0.3) is 5.91 Å². The van der Waals surface area contributed by atoms with E-state index in [1.54, 1.807) is 12.1 Å². The first-order valence-electron chi connectivity index (χ1n) is 6.99. The molecule has 1 aromatic carbocycles. The molecule has 0 aromatic heterocycles. The van der Waals surface area contributed by atoms with Crippen LogP contribution in [0.4, 0.5) is 0 Å². The summed E-state index contributed by atoms with van der Waals surface area (Å²) in [6, 6.07) is 4.88. The van der Waals surface area contributed by atoms with Crippen LogP contribution in [0.5, 0.6) is 5.75 Å². The van der Waals surface area contributed by atoms with Crippen molar-refractivity contribution >= 4 is 33.4 Å². The van der Waals surface area contributed by atoms with Crippen LogP contribution < -0.4 is 0 Å². The van der Waals surface area contributed by atoms with Gasteiger partial charge in [-0.05, 0) is 31.0 Å². The van der Waals surface area contributed by atoms with Gasteiger partial charge in [-0.3, -0.25) is 4.79 Å². The Morgan fingerprint density at radius 1 is 1.35 bits per heavy atom. The van der Waals surface area contributed by atoms with Crippen LogP contribution in [-0.2, 0) is 0 Å². The molecule has 20 heavy (non-hydrogen) atoms.